The number of carbonyl (C=O) groups excluding carboxylic acids is 1. The first kappa shape index (κ1) is 15.7. The van der Waals surface area contributed by atoms with Crippen molar-refractivity contribution in [1.29, 1.82) is 0 Å². The van der Waals surface area contributed by atoms with Gasteiger partial charge in [-0.1, -0.05) is 6.92 Å². The standard InChI is InChI=1S/C14H19F2NO2/c1-3-17(7-4-8-18)10(2)14(19)11-5-6-12(15)13(16)9-11/h5-6,9-10,18H,3-4,7-8H2,1-2H3. The van der Waals surface area contributed by atoms with E-state index in [2.05, 4.69) is 0 Å². The Balaban J connectivity index is 2.82. The van der Waals surface area contributed by atoms with E-state index in [4.69, 9.17) is 5.11 Å². The van der Waals surface area contributed by atoms with Crippen LogP contribution in [0.25, 0.3) is 0 Å². The van der Waals surface area contributed by atoms with Crippen molar-refractivity contribution in [2.24, 2.45) is 0 Å². The zero-order chi connectivity index (χ0) is 14.4. The summed E-state index contributed by atoms with van der Waals surface area (Å²) >= 11 is 0. The van der Waals surface area contributed by atoms with E-state index >= 15 is 0 Å². The second-order valence-electron chi connectivity index (χ2n) is 4.37. The average molecular weight is 271 g/mol. The highest BCUT2D eigenvalue weighted by atomic mass is 19.2. The molecule has 3 nitrogen and oxygen atoms in total. The first-order chi connectivity index (χ1) is 9.01. The van der Waals surface area contributed by atoms with E-state index in [0.29, 0.717) is 19.5 Å². The van der Waals surface area contributed by atoms with Crippen LogP contribution in [0.15, 0.2) is 18.2 Å². The highest BCUT2D eigenvalue weighted by Gasteiger charge is 2.21. The van der Waals surface area contributed by atoms with Crippen LogP contribution in [-0.2, 0) is 0 Å². The number of Topliss-reactive ketones (excluding diaryl/α,β-unsaturated/α-hetero) is 1. The predicted molar refractivity (Wildman–Crippen MR) is 69.1 cm³/mol. The van der Waals surface area contributed by atoms with Gasteiger partial charge in [0, 0.05) is 18.7 Å². The molecule has 0 aliphatic carbocycles. The van der Waals surface area contributed by atoms with Crippen molar-refractivity contribution in [3.05, 3.63) is 35.4 Å². The van der Waals surface area contributed by atoms with Crippen LogP contribution in [-0.4, -0.2) is 41.5 Å². The molecule has 0 radical (unpaired) electrons. The second-order valence-corrected chi connectivity index (χ2v) is 4.37. The van der Waals surface area contributed by atoms with Gasteiger partial charge in [-0.05, 0) is 38.1 Å². The highest BCUT2D eigenvalue weighted by Crippen LogP contribution is 2.13. The number of hydrogen-bond acceptors (Lipinski definition) is 3. The number of aliphatic hydroxyl groups excluding tert-OH is 1. The van der Waals surface area contributed by atoms with E-state index in [1.165, 1.54) is 6.07 Å². The molecule has 0 amide bonds. The Labute approximate surface area is 111 Å². The number of aliphatic hydroxyl groups is 1. The maximum atomic E-state index is 13.1. The van der Waals surface area contributed by atoms with Crippen LogP contribution in [0, 0.1) is 11.6 Å². The molecule has 1 aromatic carbocycles. The Morgan fingerprint density at radius 2 is 2.05 bits per heavy atom. The molecule has 106 valence electrons. The van der Waals surface area contributed by atoms with Crippen LogP contribution >= 0.6 is 0 Å². The lowest BCUT2D eigenvalue weighted by molar-refractivity contribution is 0.0834. The molecule has 1 rings (SSSR count). The summed E-state index contributed by atoms with van der Waals surface area (Å²) in [5.74, 6) is -2.23. The van der Waals surface area contributed by atoms with E-state index in [-0.39, 0.29) is 18.0 Å². The topological polar surface area (TPSA) is 40.5 Å². The molecule has 0 bridgehead atoms. The van der Waals surface area contributed by atoms with Crippen molar-refractivity contribution in [2.45, 2.75) is 26.3 Å². The first-order valence-electron chi connectivity index (χ1n) is 6.35. The molecule has 0 aliphatic heterocycles. The number of nitrogens with zero attached hydrogens (tertiary/aromatic N) is 1. The zero-order valence-corrected chi connectivity index (χ0v) is 11.2. The van der Waals surface area contributed by atoms with Gasteiger partial charge in [0.05, 0.1) is 6.04 Å². The molecule has 1 aromatic rings. The Morgan fingerprint density at radius 3 is 2.58 bits per heavy atom. The van der Waals surface area contributed by atoms with Gasteiger partial charge in [0.25, 0.3) is 0 Å². The zero-order valence-electron chi connectivity index (χ0n) is 11.2. The molecule has 0 aliphatic rings. The number of likely N-dealkylation sites (N-methyl/N-ethyl adjacent to an activating group) is 1. The SMILES string of the molecule is CCN(CCCO)C(C)C(=O)c1ccc(F)c(F)c1. The van der Waals surface area contributed by atoms with Crippen molar-refractivity contribution in [2.75, 3.05) is 19.7 Å². The normalized spacial score (nSPS) is 12.7. The van der Waals surface area contributed by atoms with Crippen LogP contribution in [0.5, 0.6) is 0 Å². The molecule has 0 heterocycles. The van der Waals surface area contributed by atoms with Gasteiger partial charge >= 0.3 is 0 Å². The molecule has 1 unspecified atom stereocenters. The summed E-state index contributed by atoms with van der Waals surface area (Å²) < 4.78 is 25.9. The Morgan fingerprint density at radius 1 is 1.37 bits per heavy atom. The molecule has 0 saturated heterocycles. The molecule has 0 aromatic heterocycles. The number of hydrogen-bond donors (Lipinski definition) is 1. The summed E-state index contributed by atoms with van der Waals surface area (Å²) in [7, 11) is 0. The lowest BCUT2D eigenvalue weighted by Crippen LogP contribution is -2.39. The van der Waals surface area contributed by atoms with E-state index < -0.39 is 17.7 Å². The fourth-order valence-corrected chi connectivity index (χ4v) is 1.96. The van der Waals surface area contributed by atoms with Gasteiger partial charge in [0.2, 0.25) is 0 Å². The van der Waals surface area contributed by atoms with E-state index in [1.54, 1.807) is 6.92 Å². The third-order valence-electron chi connectivity index (χ3n) is 3.14. The minimum Gasteiger partial charge on any atom is -0.396 e. The number of carbonyl (C=O) groups is 1. The molecule has 19 heavy (non-hydrogen) atoms. The average Bonchev–Trinajstić information content (AvgIpc) is 2.41. The molecular weight excluding hydrogens is 252 g/mol. The summed E-state index contributed by atoms with van der Waals surface area (Å²) in [6.45, 7) is 4.93. The Hall–Kier alpha value is -1.33. The van der Waals surface area contributed by atoms with Gasteiger partial charge in [-0.15, -0.1) is 0 Å². The van der Waals surface area contributed by atoms with Gasteiger partial charge < -0.3 is 5.11 Å². The molecule has 0 fully saturated rings. The van der Waals surface area contributed by atoms with Crippen LogP contribution in [0.1, 0.15) is 30.6 Å². The minimum atomic E-state index is -1.02. The number of rotatable bonds is 7. The van der Waals surface area contributed by atoms with E-state index in [0.717, 1.165) is 12.1 Å². The third-order valence-corrected chi connectivity index (χ3v) is 3.14. The maximum Gasteiger partial charge on any atom is 0.179 e. The predicted octanol–water partition coefficient (Wildman–Crippen LogP) is 2.24. The number of benzene rings is 1. The monoisotopic (exact) mass is 271 g/mol. The van der Waals surface area contributed by atoms with E-state index in [1.807, 2.05) is 11.8 Å². The molecule has 0 spiro atoms. The molecule has 5 heteroatoms. The summed E-state index contributed by atoms with van der Waals surface area (Å²) in [4.78, 5) is 14.1. The van der Waals surface area contributed by atoms with Crippen LogP contribution < -0.4 is 0 Å². The number of ketones is 1. The lowest BCUT2D eigenvalue weighted by atomic mass is 10.0. The van der Waals surface area contributed by atoms with Crippen molar-refractivity contribution in [1.82, 2.24) is 4.90 Å². The molecule has 0 saturated carbocycles. The third kappa shape index (κ3) is 4.08. The van der Waals surface area contributed by atoms with Gasteiger partial charge in [0.15, 0.2) is 17.4 Å². The van der Waals surface area contributed by atoms with Crippen LogP contribution in [0.3, 0.4) is 0 Å². The van der Waals surface area contributed by atoms with Crippen molar-refractivity contribution in [3.63, 3.8) is 0 Å². The lowest BCUT2D eigenvalue weighted by Gasteiger charge is -2.26. The second kappa shape index (κ2) is 7.31. The van der Waals surface area contributed by atoms with Gasteiger partial charge in [-0.25, -0.2) is 8.78 Å². The largest absolute Gasteiger partial charge is 0.396 e. The summed E-state index contributed by atoms with van der Waals surface area (Å²) in [5.41, 5.74) is 0.161. The number of halogens is 2. The van der Waals surface area contributed by atoms with Crippen LogP contribution in [0.2, 0.25) is 0 Å². The van der Waals surface area contributed by atoms with Crippen molar-refractivity contribution in [3.8, 4) is 0 Å². The van der Waals surface area contributed by atoms with Crippen molar-refractivity contribution >= 4 is 5.78 Å². The smallest absolute Gasteiger partial charge is 0.179 e. The summed E-state index contributed by atoms with van der Waals surface area (Å²) in [6.07, 6.45) is 0.573. The van der Waals surface area contributed by atoms with Crippen molar-refractivity contribution < 1.29 is 18.7 Å². The molecule has 1 atom stereocenters. The minimum absolute atomic E-state index is 0.0581. The Kier molecular flexibility index (Phi) is 6.05. The van der Waals surface area contributed by atoms with E-state index in [9.17, 15) is 13.6 Å². The van der Waals surface area contributed by atoms with Gasteiger partial charge in [-0.2, -0.15) is 0 Å². The fourth-order valence-electron chi connectivity index (χ4n) is 1.96. The Bertz CT molecular complexity index is 437. The summed E-state index contributed by atoms with van der Waals surface area (Å²) in [6, 6.07) is 2.74. The van der Waals surface area contributed by atoms with Crippen LogP contribution in [0.4, 0.5) is 8.78 Å². The summed E-state index contributed by atoms with van der Waals surface area (Å²) in [5, 5.41) is 8.81. The molecular formula is C14H19F2NO2. The van der Waals surface area contributed by atoms with Gasteiger partial charge in [-0.3, -0.25) is 9.69 Å². The first-order valence-corrected chi connectivity index (χ1v) is 6.35. The van der Waals surface area contributed by atoms with Gasteiger partial charge in [0.1, 0.15) is 0 Å². The maximum absolute atomic E-state index is 13.1. The quantitative estimate of drug-likeness (QED) is 0.773. The highest BCUT2D eigenvalue weighted by molar-refractivity contribution is 5.99. The fraction of sp³-hybridized carbons (Fsp3) is 0.500. The molecule has 1 N–H and O–H groups in total.